The van der Waals surface area contributed by atoms with E-state index in [0.29, 0.717) is 23.8 Å². The zero-order chi connectivity index (χ0) is 14.7. The van der Waals surface area contributed by atoms with E-state index in [1.807, 2.05) is 0 Å². The van der Waals surface area contributed by atoms with Crippen LogP contribution in [0.25, 0.3) is 11.4 Å². The van der Waals surface area contributed by atoms with Crippen molar-refractivity contribution in [3.63, 3.8) is 0 Å². The summed E-state index contributed by atoms with van der Waals surface area (Å²) in [6.45, 7) is 4.46. The van der Waals surface area contributed by atoms with Crippen LogP contribution in [0.3, 0.4) is 0 Å². The fourth-order valence-corrected chi connectivity index (χ4v) is 2.23. The number of nitrogens with one attached hydrogen (secondary N) is 1. The Bertz CT molecular complexity index is 619. The second-order valence-corrected chi connectivity index (χ2v) is 4.84. The normalized spacial score (nSPS) is 16.0. The number of hydrogen-bond acceptors (Lipinski definition) is 7. The molecule has 0 unspecified atom stereocenters. The molecule has 1 N–H and O–H groups in total. The topological polar surface area (TPSA) is 97.3 Å². The first-order valence-corrected chi connectivity index (χ1v) is 6.73. The van der Waals surface area contributed by atoms with Crippen LogP contribution in [0.2, 0.25) is 0 Å². The molecule has 0 spiro atoms. The molecule has 0 amide bonds. The van der Waals surface area contributed by atoms with Gasteiger partial charge in [0.25, 0.3) is 5.69 Å². The van der Waals surface area contributed by atoms with Gasteiger partial charge in [0.2, 0.25) is 11.7 Å². The third-order valence-electron chi connectivity index (χ3n) is 3.37. The maximum atomic E-state index is 10.6. The molecule has 8 heteroatoms. The Morgan fingerprint density at radius 3 is 2.67 bits per heavy atom. The molecule has 1 aromatic heterocycles. The first-order valence-electron chi connectivity index (χ1n) is 6.73. The molecule has 110 valence electrons. The molecule has 21 heavy (non-hydrogen) atoms. The standard InChI is InChI=1S/C13H15N5O3/c19-18(20)11-3-1-10(2-4-11)13-15-12(21-16-13)9-17-7-5-14-6-8-17/h1-4,14H,5-9H2. The van der Waals surface area contributed by atoms with E-state index in [-0.39, 0.29) is 5.69 Å². The van der Waals surface area contributed by atoms with E-state index in [1.54, 1.807) is 12.1 Å². The van der Waals surface area contributed by atoms with Crippen molar-refractivity contribution < 1.29 is 9.45 Å². The third-order valence-corrected chi connectivity index (χ3v) is 3.37. The summed E-state index contributed by atoms with van der Waals surface area (Å²) in [6, 6.07) is 6.11. The molecule has 0 radical (unpaired) electrons. The van der Waals surface area contributed by atoms with Crippen molar-refractivity contribution in [3.8, 4) is 11.4 Å². The van der Waals surface area contributed by atoms with Crippen LogP contribution >= 0.6 is 0 Å². The number of piperazine rings is 1. The van der Waals surface area contributed by atoms with Crippen LogP contribution in [-0.4, -0.2) is 46.1 Å². The zero-order valence-corrected chi connectivity index (χ0v) is 11.4. The van der Waals surface area contributed by atoms with Gasteiger partial charge in [-0.25, -0.2) is 0 Å². The average molecular weight is 289 g/mol. The van der Waals surface area contributed by atoms with Gasteiger partial charge in [-0.2, -0.15) is 4.98 Å². The zero-order valence-electron chi connectivity index (χ0n) is 11.4. The van der Waals surface area contributed by atoms with Crippen molar-refractivity contribution in [2.75, 3.05) is 26.2 Å². The number of benzene rings is 1. The van der Waals surface area contributed by atoms with E-state index in [0.717, 1.165) is 26.2 Å². The highest BCUT2D eigenvalue weighted by molar-refractivity contribution is 5.56. The summed E-state index contributed by atoms with van der Waals surface area (Å²) in [5, 5.41) is 17.8. The number of rotatable bonds is 4. The SMILES string of the molecule is O=[N+]([O-])c1ccc(-c2noc(CN3CCNCC3)n2)cc1. The lowest BCUT2D eigenvalue weighted by molar-refractivity contribution is -0.384. The summed E-state index contributed by atoms with van der Waals surface area (Å²) in [5.41, 5.74) is 0.749. The second kappa shape index (κ2) is 5.98. The van der Waals surface area contributed by atoms with E-state index in [9.17, 15) is 10.1 Å². The first-order chi connectivity index (χ1) is 10.2. The minimum atomic E-state index is -0.435. The Labute approximate surface area is 120 Å². The first kappa shape index (κ1) is 13.7. The summed E-state index contributed by atoms with van der Waals surface area (Å²) in [5.74, 6) is 1.01. The summed E-state index contributed by atoms with van der Waals surface area (Å²) < 4.78 is 5.24. The lowest BCUT2D eigenvalue weighted by Crippen LogP contribution is -2.42. The van der Waals surface area contributed by atoms with Crippen molar-refractivity contribution in [1.29, 1.82) is 0 Å². The maximum absolute atomic E-state index is 10.6. The van der Waals surface area contributed by atoms with E-state index >= 15 is 0 Å². The Kier molecular flexibility index (Phi) is 3.89. The van der Waals surface area contributed by atoms with Gasteiger partial charge in [0, 0.05) is 43.9 Å². The van der Waals surface area contributed by atoms with Crippen molar-refractivity contribution in [3.05, 3.63) is 40.3 Å². The van der Waals surface area contributed by atoms with Gasteiger partial charge in [-0.15, -0.1) is 0 Å². The van der Waals surface area contributed by atoms with Crippen LogP contribution in [-0.2, 0) is 6.54 Å². The van der Waals surface area contributed by atoms with Crippen molar-refractivity contribution in [1.82, 2.24) is 20.4 Å². The molecule has 1 aliphatic heterocycles. The molecular weight excluding hydrogens is 274 g/mol. The van der Waals surface area contributed by atoms with Gasteiger partial charge in [0.15, 0.2) is 0 Å². The van der Waals surface area contributed by atoms with Gasteiger partial charge in [-0.1, -0.05) is 5.16 Å². The third kappa shape index (κ3) is 3.23. The molecule has 0 aliphatic carbocycles. The number of hydrogen-bond donors (Lipinski definition) is 1. The molecule has 2 aromatic rings. The van der Waals surface area contributed by atoms with Crippen LogP contribution in [0.15, 0.2) is 28.8 Å². The quantitative estimate of drug-likeness (QED) is 0.663. The van der Waals surface area contributed by atoms with Crippen LogP contribution in [0, 0.1) is 10.1 Å². The molecular formula is C13H15N5O3. The second-order valence-electron chi connectivity index (χ2n) is 4.84. The summed E-state index contributed by atoms with van der Waals surface area (Å²) in [6.07, 6.45) is 0. The molecule has 1 saturated heterocycles. The van der Waals surface area contributed by atoms with Crippen LogP contribution in [0.5, 0.6) is 0 Å². The Hall–Kier alpha value is -2.32. The highest BCUT2D eigenvalue weighted by atomic mass is 16.6. The van der Waals surface area contributed by atoms with Gasteiger partial charge in [0.05, 0.1) is 11.5 Å². The van der Waals surface area contributed by atoms with Gasteiger partial charge < -0.3 is 9.84 Å². The summed E-state index contributed by atoms with van der Waals surface area (Å²) in [7, 11) is 0. The smallest absolute Gasteiger partial charge is 0.269 e. The number of nitrogens with zero attached hydrogens (tertiary/aromatic N) is 4. The van der Waals surface area contributed by atoms with Crippen LogP contribution < -0.4 is 5.32 Å². The largest absolute Gasteiger partial charge is 0.338 e. The highest BCUT2D eigenvalue weighted by Gasteiger charge is 2.15. The van der Waals surface area contributed by atoms with Gasteiger partial charge >= 0.3 is 0 Å². The van der Waals surface area contributed by atoms with Gasteiger partial charge in [-0.05, 0) is 12.1 Å². The molecule has 1 aromatic carbocycles. The molecule has 1 fully saturated rings. The number of nitro groups is 1. The molecule has 0 saturated carbocycles. The van der Waals surface area contributed by atoms with E-state index in [4.69, 9.17) is 4.52 Å². The Morgan fingerprint density at radius 2 is 2.00 bits per heavy atom. The minimum absolute atomic E-state index is 0.0447. The summed E-state index contributed by atoms with van der Waals surface area (Å²) in [4.78, 5) is 16.8. The van der Waals surface area contributed by atoms with Crippen LogP contribution in [0.1, 0.15) is 5.89 Å². The summed E-state index contributed by atoms with van der Waals surface area (Å²) >= 11 is 0. The van der Waals surface area contributed by atoms with Crippen LogP contribution in [0.4, 0.5) is 5.69 Å². The maximum Gasteiger partial charge on any atom is 0.269 e. The molecule has 0 bridgehead atoms. The fourth-order valence-electron chi connectivity index (χ4n) is 2.23. The molecule has 2 heterocycles. The Balaban J connectivity index is 1.70. The molecule has 3 rings (SSSR count). The molecule has 0 atom stereocenters. The van der Waals surface area contributed by atoms with E-state index in [1.165, 1.54) is 12.1 Å². The van der Waals surface area contributed by atoms with Gasteiger partial charge in [-0.3, -0.25) is 15.0 Å². The fraction of sp³-hybridized carbons (Fsp3) is 0.385. The Morgan fingerprint density at radius 1 is 1.29 bits per heavy atom. The van der Waals surface area contributed by atoms with E-state index < -0.39 is 4.92 Å². The number of aromatic nitrogens is 2. The highest BCUT2D eigenvalue weighted by Crippen LogP contribution is 2.20. The van der Waals surface area contributed by atoms with Crippen molar-refractivity contribution >= 4 is 5.69 Å². The number of nitro benzene ring substituents is 1. The predicted octanol–water partition coefficient (Wildman–Crippen LogP) is 1.05. The molecule has 1 aliphatic rings. The van der Waals surface area contributed by atoms with Crippen molar-refractivity contribution in [2.45, 2.75) is 6.54 Å². The number of non-ortho nitro benzene ring substituents is 1. The monoisotopic (exact) mass is 289 g/mol. The lowest BCUT2D eigenvalue weighted by atomic mass is 10.2. The van der Waals surface area contributed by atoms with Gasteiger partial charge in [0.1, 0.15) is 0 Å². The predicted molar refractivity (Wildman–Crippen MR) is 74.5 cm³/mol. The molecule has 8 nitrogen and oxygen atoms in total. The average Bonchev–Trinajstić information content (AvgIpc) is 2.97. The van der Waals surface area contributed by atoms with E-state index in [2.05, 4.69) is 20.4 Å². The minimum Gasteiger partial charge on any atom is -0.338 e. The van der Waals surface area contributed by atoms with Crippen molar-refractivity contribution in [2.24, 2.45) is 0 Å². The lowest BCUT2D eigenvalue weighted by Gasteiger charge is -2.25.